The largest absolute Gasteiger partial charge is 0.573 e. The van der Waals surface area contributed by atoms with Crippen molar-refractivity contribution in [3.63, 3.8) is 0 Å². The number of thioether (sulfide) groups is 1. The van der Waals surface area contributed by atoms with Gasteiger partial charge in [0.2, 0.25) is 18.1 Å². The number of amides is 1. The van der Waals surface area contributed by atoms with Crippen molar-refractivity contribution < 1.29 is 27.7 Å². The number of carbonyl (C=O) groups excluding carboxylic acids is 1. The molecule has 1 fully saturated rings. The number of aliphatic imine (C=N–C) groups is 1. The number of nitrogens with one attached hydrogen (secondary N) is 1. The van der Waals surface area contributed by atoms with Crippen LogP contribution in [0.2, 0.25) is 0 Å². The Balaban J connectivity index is 1.41. The summed E-state index contributed by atoms with van der Waals surface area (Å²) in [4.78, 5) is 21.4. The lowest BCUT2D eigenvalue weighted by Gasteiger charge is -2.29. The summed E-state index contributed by atoms with van der Waals surface area (Å²) in [7, 11) is 0. The molecule has 0 radical (unpaired) electrons. The van der Waals surface area contributed by atoms with Crippen molar-refractivity contribution in [2.24, 2.45) is 20.9 Å². The van der Waals surface area contributed by atoms with Crippen LogP contribution in [-0.4, -0.2) is 41.6 Å². The van der Waals surface area contributed by atoms with Crippen molar-refractivity contribution in [2.75, 3.05) is 10.7 Å². The average molecular weight is 582 g/mol. The molecule has 3 aromatic rings. The molecular weight excluding hydrogens is 553 g/mol. The molecule has 1 aliphatic rings. The molecule has 3 N–H and O–H groups in total. The zero-order chi connectivity index (χ0) is 29.4. The molecule has 1 saturated heterocycles. The van der Waals surface area contributed by atoms with Gasteiger partial charge in [-0.25, -0.2) is 4.99 Å². The van der Waals surface area contributed by atoms with Crippen LogP contribution in [0.3, 0.4) is 0 Å². The molecule has 8 nitrogen and oxygen atoms in total. The summed E-state index contributed by atoms with van der Waals surface area (Å²) < 4.78 is 40.7. The minimum Gasteiger partial charge on any atom is -0.406 e. The number of rotatable bonds is 8. The van der Waals surface area contributed by atoms with Gasteiger partial charge in [-0.1, -0.05) is 55.9 Å². The normalized spacial score (nSPS) is 16.0. The lowest BCUT2D eigenvalue weighted by Crippen LogP contribution is -2.74. The average Bonchev–Trinajstić information content (AvgIpc) is 2.93. The van der Waals surface area contributed by atoms with Crippen LogP contribution < -0.4 is 20.4 Å². The van der Waals surface area contributed by atoms with E-state index in [-0.39, 0.29) is 17.6 Å². The minimum absolute atomic E-state index is 0.00955. The third-order valence-corrected chi connectivity index (χ3v) is 6.79. The van der Waals surface area contributed by atoms with Gasteiger partial charge in [0.05, 0.1) is 11.9 Å². The van der Waals surface area contributed by atoms with Crippen molar-refractivity contribution in [3.05, 3.63) is 89.5 Å². The van der Waals surface area contributed by atoms with Gasteiger partial charge in [0.15, 0.2) is 5.17 Å². The van der Waals surface area contributed by atoms with Crippen LogP contribution in [0, 0.1) is 0 Å². The molecule has 3 aromatic carbocycles. The number of ether oxygens (including phenoxy) is 1. The number of amidine groups is 2. The van der Waals surface area contributed by atoms with Gasteiger partial charge in [0.25, 0.3) is 0 Å². The molecule has 0 aromatic heterocycles. The molecule has 0 bridgehead atoms. The van der Waals surface area contributed by atoms with E-state index >= 15 is 0 Å². The molecule has 41 heavy (non-hydrogen) atoms. The van der Waals surface area contributed by atoms with Gasteiger partial charge >= 0.3 is 6.36 Å². The van der Waals surface area contributed by atoms with Crippen LogP contribution in [0.1, 0.15) is 42.9 Å². The van der Waals surface area contributed by atoms with Crippen LogP contribution in [0.4, 0.5) is 24.5 Å². The van der Waals surface area contributed by atoms with Gasteiger partial charge in [0.1, 0.15) is 11.4 Å². The second-order valence-electron chi connectivity index (χ2n) is 9.15. The van der Waals surface area contributed by atoms with E-state index in [4.69, 9.17) is 5.73 Å². The number of carbonyl (C=O) groups is 1. The number of anilines is 1. The predicted octanol–water partition coefficient (Wildman–Crippen LogP) is 4.71. The van der Waals surface area contributed by atoms with Crippen molar-refractivity contribution in [1.29, 1.82) is 0 Å². The maximum Gasteiger partial charge on any atom is 0.573 e. The highest BCUT2D eigenvalue weighted by Crippen LogP contribution is 2.32. The first-order valence-corrected chi connectivity index (χ1v) is 13.6. The Bertz CT molecular complexity index is 1480. The summed E-state index contributed by atoms with van der Waals surface area (Å²) in [6.07, 6.45) is -1.38. The number of nitrogens with two attached hydrogens (primary N) is 1. The van der Waals surface area contributed by atoms with Gasteiger partial charge in [-0.3, -0.25) is 9.69 Å². The third-order valence-electron chi connectivity index (χ3n) is 5.86. The van der Waals surface area contributed by atoms with E-state index < -0.39 is 6.36 Å². The molecule has 4 rings (SSSR count). The van der Waals surface area contributed by atoms with Crippen LogP contribution in [0.25, 0.3) is 0 Å². The number of para-hydroxylation sites is 1. The third kappa shape index (κ3) is 8.27. The van der Waals surface area contributed by atoms with Crippen molar-refractivity contribution in [1.82, 2.24) is 0 Å². The van der Waals surface area contributed by atoms with Crippen molar-refractivity contribution in [3.8, 4) is 5.75 Å². The van der Waals surface area contributed by atoms with Gasteiger partial charge < -0.3 is 10.5 Å². The standard InChI is InChI=1S/C29H27F3N6O2S/c1-19(2)24-5-3-4-6-25(24)38-26(39)15-16-41-28(38)37-36-17-20-7-9-21(10-8-20)27(33)35-18-34-22-11-13-23(14-12-22)40-29(30,31)32/h3-14,17-19H,15-16H2,1-2H3,(H2,33,34,35)/p+1/b36-17+,37-28-. The summed E-state index contributed by atoms with van der Waals surface area (Å²) in [5, 5.41) is 9.14. The maximum atomic E-state index is 12.8. The van der Waals surface area contributed by atoms with Gasteiger partial charge in [-0.05, 0) is 59.5 Å². The molecule has 0 atom stereocenters. The Labute approximate surface area is 239 Å². The highest BCUT2D eigenvalue weighted by atomic mass is 32.2. The lowest BCUT2D eigenvalue weighted by atomic mass is 10.0. The number of nitrogens with zero attached hydrogens (tertiary/aromatic N) is 4. The Morgan fingerprint density at radius 3 is 2.46 bits per heavy atom. The Morgan fingerprint density at radius 2 is 1.78 bits per heavy atom. The van der Waals surface area contributed by atoms with E-state index in [1.807, 2.05) is 36.4 Å². The Morgan fingerprint density at radius 1 is 1.07 bits per heavy atom. The predicted molar refractivity (Wildman–Crippen MR) is 157 cm³/mol. The molecule has 212 valence electrons. The number of hydrogen-bond donors (Lipinski definition) is 2. The summed E-state index contributed by atoms with van der Waals surface area (Å²) in [6, 6.07) is 20.1. The summed E-state index contributed by atoms with van der Waals surface area (Å²) in [5.41, 5.74) is 9.87. The van der Waals surface area contributed by atoms with E-state index in [1.165, 1.54) is 42.4 Å². The monoisotopic (exact) mass is 581 g/mol. The Hall–Kier alpha value is -4.45. The molecule has 1 aliphatic heterocycles. The highest BCUT2D eigenvalue weighted by molar-refractivity contribution is 8.14. The molecule has 0 aliphatic carbocycles. The molecule has 1 heterocycles. The van der Waals surface area contributed by atoms with Crippen molar-refractivity contribution >= 4 is 52.6 Å². The number of halogens is 3. The zero-order valence-electron chi connectivity index (χ0n) is 22.3. The van der Waals surface area contributed by atoms with E-state index in [0.717, 1.165) is 16.8 Å². The fourth-order valence-electron chi connectivity index (χ4n) is 3.89. The SMILES string of the molecule is CC(C)c1ccccc1N1C(=O)CCS/C1=N\N=C\c1ccc(C(N)=[NH+]C=Nc2ccc(OC(F)(F)F)cc2)cc1. The van der Waals surface area contributed by atoms with Crippen molar-refractivity contribution in [2.45, 2.75) is 32.5 Å². The second-order valence-corrected chi connectivity index (χ2v) is 10.2. The highest BCUT2D eigenvalue weighted by Gasteiger charge is 2.31. The topological polar surface area (TPSA) is 107 Å². The quantitative estimate of drug-likeness (QED) is 0.228. The molecule has 0 spiro atoms. The maximum absolute atomic E-state index is 12.8. The molecule has 0 unspecified atom stereocenters. The summed E-state index contributed by atoms with van der Waals surface area (Å²) >= 11 is 1.49. The first-order valence-electron chi connectivity index (χ1n) is 12.6. The lowest BCUT2D eigenvalue weighted by molar-refractivity contribution is -0.303. The van der Waals surface area contributed by atoms with Crippen LogP contribution in [0.15, 0.2) is 88.0 Å². The first-order chi connectivity index (χ1) is 19.6. The fourth-order valence-corrected chi connectivity index (χ4v) is 4.78. The first kappa shape index (κ1) is 29.5. The van der Waals surface area contributed by atoms with E-state index in [0.29, 0.717) is 34.4 Å². The number of benzene rings is 3. The minimum atomic E-state index is -4.75. The fraction of sp³-hybridized carbons (Fsp3) is 0.207. The second kappa shape index (κ2) is 13.3. The van der Waals surface area contributed by atoms with E-state index in [1.54, 1.807) is 23.2 Å². The van der Waals surface area contributed by atoms with E-state index in [9.17, 15) is 18.0 Å². The smallest absolute Gasteiger partial charge is 0.406 e. The molecule has 0 saturated carbocycles. The van der Waals surface area contributed by atoms with Crippen LogP contribution in [-0.2, 0) is 4.79 Å². The van der Waals surface area contributed by atoms with E-state index in [2.05, 4.69) is 38.8 Å². The molecule has 12 heteroatoms. The Kier molecular flexibility index (Phi) is 9.56. The van der Waals surface area contributed by atoms with Gasteiger partial charge in [-0.15, -0.1) is 23.3 Å². The van der Waals surface area contributed by atoms with Crippen LogP contribution >= 0.6 is 11.8 Å². The number of nitrogen functional groups attached to an aromatic ring is 1. The van der Waals surface area contributed by atoms with Crippen LogP contribution in [0.5, 0.6) is 5.75 Å². The molecule has 1 amide bonds. The summed E-state index contributed by atoms with van der Waals surface area (Å²) in [6.45, 7) is 4.18. The van der Waals surface area contributed by atoms with Gasteiger partial charge in [0, 0.05) is 17.7 Å². The zero-order valence-corrected chi connectivity index (χ0v) is 23.1. The number of alkyl halides is 3. The number of hydrogen-bond acceptors (Lipinski definition) is 6. The molecular formula is C29H28F3N6O2S+. The summed E-state index contributed by atoms with van der Waals surface area (Å²) in [5.74, 6) is 0.874. The van der Waals surface area contributed by atoms with Gasteiger partial charge in [-0.2, -0.15) is 5.10 Å².